The van der Waals surface area contributed by atoms with Crippen molar-refractivity contribution >= 4 is 23.2 Å². The van der Waals surface area contributed by atoms with Gasteiger partial charge in [0.15, 0.2) is 0 Å². The van der Waals surface area contributed by atoms with E-state index in [-0.39, 0.29) is 5.91 Å². The second-order valence-electron chi connectivity index (χ2n) is 5.97. The number of nitrogens with zero attached hydrogens (tertiary/aromatic N) is 4. The van der Waals surface area contributed by atoms with Gasteiger partial charge in [0.2, 0.25) is 0 Å². The van der Waals surface area contributed by atoms with E-state index in [1.165, 1.54) is 10.9 Å². The minimum Gasteiger partial charge on any atom is -0.497 e. The van der Waals surface area contributed by atoms with Gasteiger partial charge in [0, 0.05) is 7.05 Å². The van der Waals surface area contributed by atoms with Crippen LogP contribution in [0.2, 0.25) is 5.02 Å². The van der Waals surface area contributed by atoms with Gasteiger partial charge < -0.3 is 10.1 Å². The van der Waals surface area contributed by atoms with Crippen LogP contribution in [0.5, 0.6) is 5.75 Å². The third-order valence-corrected chi connectivity index (χ3v) is 4.47. The molecule has 0 bridgehead atoms. The predicted octanol–water partition coefficient (Wildman–Crippen LogP) is 3.20. The number of aryl methyl sites for hydroxylation is 2. The van der Waals surface area contributed by atoms with Crippen molar-refractivity contribution in [3.8, 4) is 5.75 Å². The lowest BCUT2D eigenvalue weighted by atomic mass is 10.2. The first kappa shape index (κ1) is 18.0. The van der Waals surface area contributed by atoms with Crippen LogP contribution < -0.4 is 10.1 Å². The first-order chi connectivity index (χ1) is 12.4. The highest BCUT2D eigenvalue weighted by Gasteiger charge is 2.20. The van der Waals surface area contributed by atoms with Gasteiger partial charge in [-0.15, -0.1) is 0 Å². The number of ether oxygens (including phenoxy) is 1. The van der Waals surface area contributed by atoms with Crippen LogP contribution in [0, 0.1) is 13.8 Å². The Balaban J connectivity index is 1.85. The number of methoxy groups -OCH3 is 1. The van der Waals surface area contributed by atoms with E-state index in [1.54, 1.807) is 14.2 Å². The van der Waals surface area contributed by atoms with Crippen molar-refractivity contribution in [2.45, 2.75) is 20.4 Å². The number of anilines is 1. The number of carbonyl (C=O) groups is 1. The average Bonchev–Trinajstić information content (AvgIpc) is 3.08. The molecule has 0 spiro atoms. The maximum atomic E-state index is 12.6. The molecule has 0 saturated carbocycles. The van der Waals surface area contributed by atoms with Crippen molar-refractivity contribution in [2.24, 2.45) is 7.05 Å². The van der Waals surface area contributed by atoms with E-state index in [0.717, 1.165) is 22.7 Å². The zero-order valence-corrected chi connectivity index (χ0v) is 15.8. The smallest absolute Gasteiger partial charge is 0.275 e. The zero-order chi connectivity index (χ0) is 18.8. The van der Waals surface area contributed by atoms with E-state index in [0.29, 0.717) is 22.9 Å². The summed E-state index contributed by atoms with van der Waals surface area (Å²) in [5.74, 6) is 0.477. The number of hydrogen-bond acceptors (Lipinski definition) is 4. The molecule has 2 aromatic heterocycles. The molecule has 0 unspecified atom stereocenters. The summed E-state index contributed by atoms with van der Waals surface area (Å²) in [6, 6.07) is 7.80. The summed E-state index contributed by atoms with van der Waals surface area (Å²) in [6.07, 6.45) is 1.45. The topological polar surface area (TPSA) is 74.0 Å². The Morgan fingerprint density at radius 3 is 2.77 bits per heavy atom. The van der Waals surface area contributed by atoms with Gasteiger partial charge in [-0.1, -0.05) is 23.7 Å². The fraction of sp³-hybridized carbons (Fsp3) is 0.278. The summed E-state index contributed by atoms with van der Waals surface area (Å²) in [7, 11) is 3.31. The third kappa shape index (κ3) is 3.43. The molecule has 0 aliphatic carbocycles. The van der Waals surface area contributed by atoms with Crippen LogP contribution in [0.15, 0.2) is 30.5 Å². The lowest BCUT2D eigenvalue weighted by Gasteiger charge is -2.08. The Morgan fingerprint density at radius 2 is 2.12 bits per heavy atom. The van der Waals surface area contributed by atoms with E-state index < -0.39 is 0 Å². The maximum absolute atomic E-state index is 12.6. The van der Waals surface area contributed by atoms with Gasteiger partial charge >= 0.3 is 0 Å². The molecule has 7 nitrogen and oxygen atoms in total. The molecule has 1 aromatic carbocycles. The monoisotopic (exact) mass is 373 g/mol. The Morgan fingerprint density at radius 1 is 1.35 bits per heavy atom. The molecule has 136 valence electrons. The number of benzene rings is 1. The van der Waals surface area contributed by atoms with Gasteiger partial charge in [-0.3, -0.25) is 14.2 Å². The van der Waals surface area contributed by atoms with Crippen LogP contribution in [0.25, 0.3) is 0 Å². The van der Waals surface area contributed by atoms with Crippen molar-refractivity contribution in [1.82, 2.24) is 19.6 Å². The lowest BCUT2D eigenvalue weighted by molar-refractivity contribution is 0.101. The van der Waals surface area contributed by atoms with Crippen LogP contribution in [0.4, 0.5) is 5.69 Å². The molecular formula is C18H20ClN5O2. The van der Waals surface area contributed by atoms with Gasteiger partial charge in [0.1, 0.15) is 11.4 Å². The van der Waals surface area contributed by atoms with E-state index in [1.807, 2.05) is 42.8 Å². The molecular weight excluding hydrogens is 354 g/mol. The molecule has 26 heavy (non-hydrogen) atoms. The predicted molar refractivity (Wildman–Crippen MR) is 100.0 cm³/mol. The average molecular weight is 374 g/mol. The Bertz CT molecular complexity index is 941. The van der Waals surface area contributed by atoms with E-state index in [2.05, 4.69) is 15.5 Å². The third-order valence-electron chi connectivity index (χ3n) is 4.20. The number of hydrogen-bond donors (Lipinski definition) is 1. The second-order valence-corrected chi connectivity index (χ2v) is 6.38. The number of halogens is 1. The van der Waals surface area contributed by atoms with Gasteiger partial charge in [0.05, 0.1) is 41.9 Å². The lowest BCUT2D eigenvalue weighted by Crippen LogP contribution is -2.17. The normalized spacial score (nSPS) is 10.8. The first-order valence-electron chi connectivity index (χ1n) is 8.06. The molecule has 1 N–H and O–H groups in total. The van der Waals surface area contributed by atoms with Gasteiger partial charge in [-0.05, 0) is 31.5 Å². The molecule has 0 aliphatic heterocycles. The van der Waals surface area contributed by atoms with Crippen LogP contribution in [0.3, 0.4) is 0 Å². The van der Waals surface area contributed by atoms with Crippen molar-refractivity contribution in [3.63, 3.8) is 0 Å². The molecule has 2 heterocycles. The summed E-state index contributed by atoms with van der Waals surface area (Å²) in [6.45, 7) is 4.35. The Kier molecular flexibility index (Phi) is 4.99. The summed E-state index contributed by atoms with van der Waals surface area (Å²) in [4.78, 5) is 12.6. The molecule has 0 radical (unpaired) electrons. The van der Waals surface area contributed by atoms with Crippen molar-refractivity contribution < 1.29 is 9.53 Å². The Hall–Kier alpha value is -2.80. The van der Waals surface area contributed by atoms with Gasteiger partial charge in [-0.25, -0.2) is 0 Å². The molecule has 0 saturated heterocycles. The van der Waals surface area contributed by atoms with Crippen LogP contribution in [-0.4, -0.2) is 32.6 Å². The minimum atomic E-state index is -0.317. The molecule has 0 fully saturated rings. The van der Waals surface area contributed by atoms with Crippen molar-refractivity contribution in [3.05, 3.63) is 58.1 Å². The molecule has 8 heteroatoms. The van der Waals surface area contributed by atoms with Crippen molar-refractivity contribution in [2.75, 3.05) is 12.4 Å². The van der Waals surface area contributed by atoms with E-state index in [4.69, 9.17) is 16.3 Å². The van der Waals surface area contributed by atoms with Crippen LogP contribution in [-0.2, 0) is 13.6 Å². The second kappa shape index (κ2) is 7.21. The largest absolute Gasteiger partial charge is 0.497 e. The molecule has 0 aliphatic rings. The molecule has 3 rings (SSSR count). The fourth-order valence-electron chi connectivity index (χ4n) is 2.81. The number of amides is 1. The number of nitrogens with one attached hydrogen (secondary N) is 1. The summed E-state index contributed by atoms with van der Waals surface area (Å²) in [5, 5.41) is 11.7. The maximum Gasteiger partial charge on any atom is 0.275 e. The van der Waals surface area contributed by atoms with E-state index >= 15 is 0 Å². The Labute approximate surface area is 156 Å². The van der Waals surface area contributed by atoms with Crippen LogP contribution >= 0.6 is 11.6 Å². The number of rotatable bonds is 5. The van der Waals surface area contributed by atoms with E-state index in [9.17, 15) is 4.79 Å². The number of aromatic nitrogens is 4. The summed E-state index contributed by atoms with van der Waals surface area (Å²) in [5.41, 5.74) is 3.64. The zero-order valence-electron chi connectivity index (χ0n) is 15.1. The summed E-state index contributed by atoms with van der Waals surface area (Å²) < 4.78 is 8.56. The molecule has 3 aromatic rings. The van der Waals surface area contributed by atoms with Crippen molar-refractivity contribution in [1.29, 1.82) is 0 Å². The highest BCUT2D eigenvalue weighted by molar-refractivity contribution is 6.34. The molecule has 0 atom stereocenters. The van der Waals surface area contributed by atoms with Crippen LogP contribution in [0.1, 0.15) is 27.4 Å². The highest BCUT2D eigenvalue weighted by Crippen LogP contribution is 2.23. The molecule has 1 amide bonds. The van der Waals surface area contributed by atoms with Gasteiger partial charge in [0.25, 0.3) is 5.91 Å². The standard InChI is InChI=1S/C18H20ClN5O2/c1-11-16(21-18(25)17-15(19)9-20-23(17)3)12(2)24(22-11)10-13-6-5-7-14(8-13)26-4/h5-9H,10H2,1-4H3,(H,21,25). The fourth-order valence-corrected chi connectivity index (χ4v) is 3.07. The number of carbonyl (C=O) groups excluding carboxylic acids is 1. The quantitative estimate of drug-likeness (QED) is 0.745. The SMILES string of the molecule is COc1cccc(Cn2nc(C)c(NC(=O)c3c(Cl)cnn3C)c2C)c1. The van der Waals surface area contributed by atoms with Gasteiger partial charge in [-0.2, -0.15) is 10.2 Å². The summed E-state index contributed by atoms with van der Waals surface area (Å²) >= 11 is 6.05. The minimum absolute atomic E-state index is 0.309. The first-order valence-corrected chi connectivity index (χ1v) is 8.44. The highest BCUT2D eigenvalue weighted by atomic mass is 35.5.